The number of nitrogens with one attached hydrogen (secondary N) is 1. The van der Waals surface area contributed by atoms with Crippen LogP contribution in [0.25, 0.3) is 33.8 Å². The average Bonchev–Trinajstić information content (AvgIpc) is 2.84. The van der Waals surface area contributed by atoms with Crippen LogP contribution in [-0.2, 0) is 0 Å². The number of nitrogens with zero attached hydrogens (tertiary/aromatic N) is 2. The van der Waals surface area contributed by atoms with Crippen molar-refractivity contribution in [2.24, 2.45) is 17.8 Å². The van der Waals surface area contributed by atoms with Crippen molar-refractivity contribution in [3.05, 3.63) is 75.8 Å². The maximum atomic E-state index is 12.9. The molecule has 6 nitrogen and oxygen atoms in total. The maximum absolute atomic E-state index is 12.9. The number of hydrogen-bond acceptors (Lipinski definition) is 6. The summed E-state index contributed by atoms with van der Waals surface area (Å²) in [5, 5.41) is 15.6. The molecule has 4 aromatic rings. The Labute approximate surface area is 209 Å². The summed E-state index contributed by atoms with van der Waals surface area (Å²) in [6, 6.07) is 15.1. The lowest BCUT2D eigenvalue weighted by atomic mass is 9.53. The summed E-state index contributed by atoms with van der Waals surface area (Å²) in [5.41, 5.74) is 3.02. The van der Waals surface area contributed by atoms with Crippen LogP contribution >= 0.6 is 0 Å². The van der Waals surface area contributed by atoms with Gasteiger partial charge in [0.2, 0.25) is 0 Å². The zero-order valence-corrected chi connectivity index (χ0v) is 20.3. The highest BCUT2D eigenvalue weighted by Crippen LogP contribution is 2.56. The van der Waals surface area contributed by atoms with Gasteiger partial charge in [0.25, 0.3) is 0 Å². The van der Waals surface area contributed by atoms with Crippen LogP contribution in [0.4, 0.5) is 5.82 Å². The second-order valence-corrected chi connectivity index (χ2v) is 11.3. The summed E-state index contributed by atoms with van der Waals surface area (Å²) in [4.78, 5) is 22.7. The van der Waals surface area contributed by atoms with Gasteiger partial charge in [-0.3, -0.25) is 0 Å². The van der Waals surface area contributed by atoms with E-state index in [4.69, 9.17) is 14.4 Å². The van der Waals surface area contributed by atoms with Gasteiger partial charge >= 0.3 is 5.63 Å². The molecule has 4 bridgehead atoms. The molecule has 8 rings (SSSR count). The van der Waals surface area contributed by atoms with E-state index < -0.39 is 5.63 Å². The number of fused-ring (bicyclic) bond motifs is 3. The van der Waals surface area contributed by atoms with Crippen molar-refractivity contribution in [2.75, 3.05) is 5.32 Å². The fraction of sp³-hybridized carbons (Fsp3) is 0.367. The first-order valence-electron chi connectivity index (χ1n) is 12.9. The SMILES string of the molecule is Cc1ccc(/C(O)=C/c2nc3c(nc2NC24CC5CC(CC(C5)C2)C4)c(=O)oc2ccccc23)cc1. The van der Waals surface area contributed by atoms with Gasteiger partial charge < -0.3 is 14.8 Å². The first kappa shape index (κ1) is 21.6. The second-order valence-electron chi connectivity index (χ2n) is 11.3. The number of anilines is 1. The van der Waals surface area contributed by atoms with E-state index in [9.17, 15) is 9.90 Å². The third-order valence-electron chi connectivity index (χ3n) is 8.50. The summed E-state index contributed by atoms with van der Waals surface area (Å²) in [7, 11) is 0. The zero-order chi connectivity index (χ0) is 24.4. The van der Waals surface area contributed by atoms with E-state index in [1.807, 2.05) is 49.4 Å². The largest absolute Gasteiger partial charge is 0.507 e. The molecule has 0 unspecified atom stereocenters. The molecule has 0 atom stereocenters. The lowest BCUT2D eigenvalue weighted by molar-refractivity contribution is 0.0105. The molecule has 4 fully saturated rings. The van der Waals surface area contributed by atoms with Crippen molar-refractivity contribution < 1.29 is 9.52 Å². The van der Waals surface area contributed by atoms with E-state index in [0.29, 0.717) is 28.2 Å². The van der Waals surface area contributed by atoms with E-state index in [2.05, 4.69) is 5.32 Å². The number of para-hydroxylation sites is 1. The molecule has 2 N–H and O–H groups in total. The summed E-state index contributed by atoms with van der Waals surface area (Å²) in [5.74, 6) is 2.93. The number of aliphatic hydroxyl groups is 1. The van der Waals surface area contributed by atoms with Gasteiger partial charge in [-0.2, -0.15) is 0 Å². The van der Waals surface area contributed by atoms with Crippen LogP contribution in [0.2, 0.25) is 0 Å². The minimum absolute atomic E-state index is 0.0315. The second kappa shape index (κ2) is 7.92. The van der Waals surface area contributed by atoms with Gasteiger partial charge in [0, 0.05) is 22.6 Å². The molecule has 4 aliphatic carbocycles. The molecule has 2 heterocycles. The summed E-state index contributed by atoms with van der Waals surface area (Å²) >= 11 is 0. The Balaban J connectivity index is 1.40. The number of rotatable bonds is 4. The van der Waals surface area contributed by atoms with Crippen LogP contribution in [0.15, 0.2) is 57.7 Å². The minimum Gasteiger partial charge on any atom is -0.507 e. The minimum atomic E-state index is -0.497. The highest BCUT2D eigenvalue weighted by molar-refractivity contribution is 6.01. The van der Waals surface area contributed by atoms with Gasteiger partial charge in [0.1, 0.15) is 22.6 Å². The number of hydrogen-bond donors (Lipinski definition) is 2. The molecule has 6 heteroatoms. The van der Waals surface area contributed by atoms with Crippen LogP contribution in [0.1, 0.15) is 55.3 Å². The molecule has 4 aliphatic rings. The first-order chi connectivity index (χ1) is 17.4. The van der Waals surface area contributed by atoms with E-state index in [1.165, 1.54) is 19.3 Å². The van der Waals surface area contributed by atoms with Crippen molar-refractivity contribution in [1.82, 2.24) is 9.97 Å². The fourth-order valence-corrected chi connectivity index (χ4v) is 7.32. The molecule has 36 heavy (non-hydrogen) atoms. The quantitative estimate of drug-likeness (QED) is 0.198. The van der Waals surface area contributed by atoms with Crippen LogP contribution in [0.3, 0.4) is 0 Å². The molecular formula is C30H29N3O3. The Morgan fingerprint density at radius 2 is 1.64 bits per heavy atom. The molecule has 0 saturated heterocycles. The molecule has 182 valence electrons. The van der Waals surface area contributed by atoms with E-state index in [0.717, 1.165) is 48.0 Å². The summed E-state index contributed by atoms with van der Waals surface area (Å²) < 4.78 is 5.57. The molecule has 0 radical (unpaired) electrons. The standard InChI is InChI=1S/C30H29N3O3/c1-17-6-8-21(9-7-17)24(34)13-23-28(33-30-14-18-10-19(15-30)12-20(11-18)16-30)32-27-26(31-23)22-4-2-3-5-25(22)36-29(27)35/h2-9,13,18-20,34H,10-12,14-16H2,1H3,(H,32,33)/b24-13-. The predicted octanol–water partition coefficient (Wildman–Crippen LogP) is 6.48. The highest BCUT2D eigenvalue weighted by Gasteiger charge is 2.51. The third kappa shape index (κ3) is 3.58. The fourth-order valence-electron chi connectivity index (χ4n) is 7.32. The van der Waals surface area contributed by atoms with E-state index >= 15 is 0 Å². The Kier molecular flexibility index (Phi) is 4.75. The third-order valence-corrected chi connectivity index (χ3v) is 8.50. The Morgan fingerprint density at radius 3 is 2.33 bits per heavy atom. The Hall–Kier alpha value is -3.67. The van der Waals surface area contributed by atoms with E-state index in [1.54, 1.807) is 12.1 Å². The first-order valence-corrected chi connectivity index (χ1v) is 12.9. The smallest absolute Gasteiger partial charge is 0.364 e. The number of aromatic nitrogens is 2. The van der Waals surface area contributed by atoms with Gasteiger partial charge in [-0.15, -0.1) is 0 Å². The van der Waals surface area contributed by atoms with Crippen molar-refractivity contribution >= 4 is 39.7 Å². The topological polar surface area (TPSA) is 88.3 Å². The van der Waals surface area contributed by atoms with Crippen LogP contribution in [0, 0.1) is 24.7 Å². The maximum Gasteiger partial charge on any atom is 0.364 e. The van der Waals surface area contributed by atoms with Crippen molar-refractivity contribution in [3.8, 4) is 0 Å². The molecular weight excluding hydrogens is 450 g/mol. The van der Waals surface area contributed by atoms with Crippen molar-refractivity contribution in [1.29, 1.82) is 0 Å². The van der Waals surface area contributed by atoms with Crippen LogP contribution in [0.5, 0.6) is 0 Å². The number of benzene rings is 2. The van der Waals surface area contributed by atoms with Gasteiger partial charge in [-0.1, -0.05) is 42.0 Å². The van der Waals surface area contributed by atoms with Gasteiger partial charge in [-0.25, -0.2) is 14.8 Å². The van der Waals surface area contributed by atoms with Gasteiger partial charge in [0.05, 0.1) is 0 Å². The Bertz CT molecular complexity index is 1550. The zero-order valence-electron chi connectivity index (χ0n) is 20.3. The van der Waals surface area contributed by atoms with Crippen LogP contribution in [-0.4, -0.2) is 20.6 Å². The summed E-state index contributed by atoms with van der Waals surface area (Å²) in [6.07, 6.45) is 9.04. The molecule has 0 aliphatic heterocycles. The van der Waals surface area contributed by atoms with Gasteiger partial charge in [0.15, 0.2) is 11.3 Å². The molecule has 2 aromatic heterocycles. The normalized spacial score (nSPS) is 27.1. The number of aliphatic hydroxyl groups excluding tert-OH is 1. The van der Waals surface area contributed by atoms with Crippen molar-refractivity contribution in [3.63, 3.8) is 0 Å². The average molecular weight is 480 g/mol. The Morgan fingerprint density at radius 1 is 0.972 bits per heavy atom. The van der Waals surface area contributed by atoms with E-state index in [-0.39, 0.29) is 16.8 Å². The van der Waals surface area contributed by atoms with Crippen LogP contribution < -0.4 is 10.9 Å². The van der Waals surface area contributed by atoms with Crippen molar-refractivity contribution in [2.45, 2.75) is 51.0 Å². The highest BCUT2D eigenvalue weighted by atomic mass is 16.4. The lowest BCUT2D eigenvalue weighted by Crippen LogP contribution is -2.55. The molecule has 0 spiro atoms. The molecule has 4 saturated carbocycles. The molecule has 2 aromatic carbocycles. The monoisotopic (exact) mass is 479 g/mol. The van der Waals surface area contributed by atoms with Gasteiger partial charge in [-0.05, 0) is 75.3 Å². The predicted molar refractivity (Wildman–Crippen MR) is 142 cm³/mol. The number of aryl methyl sites for hydroxylation is 1. The lowest BCUT2D eigenvalue weighted by Gasteiger charge is -2.57. The summed E-state index contributed by atoms with van der Waals surface area (Å²) in [6.45, 7) is 2.02. The molecule has 0 amide bonds.